The van der Waals surface area contributed by atoms with Gasteiger partial charge in [0.05, 0.1) is 0 Å². The van der Waals surface area contributed by atoms with Crippen LogP contribution in [0.15, 0.2) is 18.2 Å². The SMILES string of the molecule is Cc1ccc(Cl)cc1C(=O)N1CCNC(=O)C1C. The molecule has 2 rings (SSSR count). The molecule has 1 atom stereocenters. The van der Waals surface area contributed by atoms with Crippen molar-refractivity contribution in [1.29, 1.82) is 0 Å². The molecular weight excluding hydrogens is 252 g/mol. The molecule has 0 aliphatic carbocycles. The summed E-state index contributed by atoms with van der Waals surface area (Å²) >= 11 is 5.91. The van der Waals surface area contributed by atoms with Crippen molar-refractivity contribution in [2.75, 3.05) is 13.1 Å². The van der Waals surface area contributed by atoms with Crippen molar-refractivity contribution in [2.24, 2.45) is 0 Å². The number of carbonyl (C=O) groups is 2. The van der Waals surface area contributed by atoms with Gasteiger partial charge in [0.25, 0.3) is 5.91 Å². The minimum absolute atomic E-state index is 0.116. The van der Waals surface area contributed by atoms with Gasteiger partial charge in [0.15, 0.2) is 0 Å². The molecule has 96 valence electrons. The molecule has 4 nitrogen and oxygen atoms in total. The van der Waals surface area contributed by atoms with Crippen LogP contribution in [0, 0.1) is 6.92 Å². The predicted molar refractivity (Wildman–Crippen MR) is 69.7 cm³/mol. The van der Waals surface area contributed by atoms with Crippen LogP contribution in [0.4, 0.5) is 0 Å². The predicted octanol–water partition coefficient (Wildman–Crippen LogP) is 1.61. The van der Waals surface area contributed by atoms with Crippen molar-refractivity contribution in [1.82, 2.24) is 10.2 Å². The maximum atomic E-state index is 12.4. The van der Waals surface area contributed by atoms with Crippen LogP contribution in [-0.4, -0.2) is 35.8 Å². The number of halogens is 1. The van der Waals surface area contributed by atoms with Gasteiger partial charge in [0, 0.05) is 23.7 Å². The molecule has 2 amide bonds. The average molecular weight is 267 g/mol. The topological polar surface area (TPSA) is 49.4 Å². The third kappa shape index (κ3) is 2.34. The van der Waals surface area contributed by atoms with E-state index < -0.39 is 6.04 Å². The molecule has 0 radical (unpaired) electrons. The van der Waals surface area contributed by atoms with Crippen LogP contribution in [0.3, 0.4) is 0 Å². The third-order valence-electron chi connectivity index (χ3n) is 3.19. The van der Waals surface area contributed by atoms with Gasteiger partial charge in [-0.15, -0.1) is 0 Å². The summed E-state index contributed by atoms with van der Waals surface area (Å²) in [5.41, 5.74) is 1.42. The smallest absolute Gasteiger partial charge is 0.254 e. The number of benzene rings is 1. The molecule has 1 aromatic rings. The van der Waals surface area contributed by atoms with E-state index in [-0.39, 0.29) is 11.8 Å². The zero-order chi connectivity index (χ0) is 13.3. The molecule has 1 aromatic carbocycles. The molecule has 1 N–H and O–H groups in total. The number of hydrogen-bond donors (Lipinski definition) is 1. The number of hydrogen-bond acceptors (Lipinski definition) is 2. The summed E-state index contributed by atoms with van der Waals surface area (Å²) in [6, 6.07) is 4.77. The Kier molecular flexibility index (Phi) is 3.57. The van der Waals surface area contributed by atoms with Crippen molar-refractivity contribution in [3.8, 4) is 0 Å². The second-order valence-electron chi connectivity index (χ2n) is 4.42. The number of piperazine rings is 1. The van der Waals surface area contributed by atoms with Crippen molar-refractivity contribution in [3.05, 3.63) is 34.3 Å². The van der Waals surface area contributed by atoms with Crippen LogP contribution in [-0.2, 0) is 4.79 Å². The van der Waals surface area contributed by atoms with E-state index in [0.717, 1.165) is 5.56 Å². The third-order valence-corrected chi connectivity index (χ3v) is 3.42. The van der Waals surface area contributed by atoms with Crippen LogP contribution >= 0.6 is 11.6 Å². The first kappa shape index (κ1) is 12.9. The molecule has 1 aliphatic heterocycles. The number of nitrogens with one attached hydrogen (secondary N) is 1. The number of amides is 2. The van der Waals surface area contributed by atoms with Crippen molar-refractivity contribution < 1.29 is 9.59 Å². The van der Waals surface area contributed by atoms with Crippen LogP contribution in [0.1, 0.15) is 22.8 Å². The number of rotatable bonds is 1. The maximum Gasteiger partial charge on any atom is 0.254 e. The van der Waals surface area contributed by atoms with E-state index in [1.807, 2.05) is 13.0 Å². The summed E-state index contributed by atoms with van der Waals surface area (Å²) in [7, 11) is 0. The van der Waals surface area contributed by atoms with Gasteiger partial charge in [0.1, 0.15) is 6.04 Å². The van der Waals surface area contributed by atoms with E-state index >= 15 is 0 Å². The van der Waals surface area contributed by atoms with Crippen LogP contribution in [0.2, 0.25) is 5.02 Å². The summed E-state index contributed by atoms with van der Waals surface area (Å²) < 4.78 is 0. The fourth-order valence-electron chi connectivity index (χ4n) is 2.04. The molecule has 1 saturated heterocycles. The summed E-state index contributed by atoms with van der Waals surface area (Å²) in [4.78, 5) is 25.6. The van der Waals surface area contributed by atoms with E-state index in [1.165, 1.54) is 0 Å². The molecule has 1 fully saturated rings. The van der Waals surface area contributed by atoms with E-state index in [2.05, 4.69) is 5.32 Å². The summed E-state index contributed by atoms with van der Waals surface area (Å²) in [5, 5.41) is 3.26. The fraction of sp³-hybridized carbons (Fsp3) is 0.385. The second kappa shape index (κ2) is 4.98. The van der Waals surface area contributed by atoms with Crippen LogP contribution in [0.25, 0.3) is 0 Å². The lowest BCUT2D eigenvalue weighted by atomic mass is 10.1. The second-order valence-corrected chi connectivity index (χ2v) is 4.86. The first-order valence-electron chi connectivity index (χ1n) is 5.85. The highest BCUT2D eigenvalue weighted by atomic mass is 35.5. The maximum absolute atomic E-state index is 12.4. The Bertz CT molecular complexity index is 502. The minimum atomic E-state index is -0.440. The van der Waals surface area contributed by atoms with Gasteiger partial charge in [0.2, 0.25) is 5.91 Å². The zero-order valence-electron chi connectivity index (χ0n) is 10.4. The Morgan fingerprint density at radius 2 is 2.22 bits per heavy atom. The molecule has 0 aromatic heterocycles. The lowest BCUT2D eigenvalue weighted by Crippen LogP contribution is -2.55. The average Bonchev–Trinajstić information content (AvgIpc) is 2.35. The van der Waals surface area contributed by atoms with Crippen molar-refractivity contribution in [3.63, 3.8) is 0 Å². The number of carbonyl (C=O) groups excluding carboxylic acids is 2. The molecule has 1 heterocycles. The summed E-state index contributed by atoms with van der Waals surface area (Å²) in [6.07, 6.45) is 0. The first-order valence-corrected chi connectivity index (χ1v) is 6.23. The lowest BCUT2D eigenvalue weighted by molar-refractivity contribution is -0.127. The van der Waals surface area contributed by atoms with E-state index in [4.69, 9.17) is 11.6 Å². The van der Waals surface area contributed by atoms with Gasteiger partial charge in [-0.3, -0.25) is 9.59 Å². The zero-order valence-corrected chi connectivity index (χ0v) is 11.1. The number of aryl methyl sites for hydroxylation is 1. The van der Waals surface area contributed by atoms with Gasteiger partial charge < -0.3 is 10.2 Å². The van der Waals surface area contributed by atoms with Crippen molar-refractivity contribution >= 4 is 23.4 Å². The van der Waals surface area contributed by atoms with Crippen LogP contribution in [0.5, 0.6) is 0 Å². The quantitative estimate of drug-likeness (QED) is 0.840. The van der Waals surface area contributed by atoms with Gasteiger partial charge >= 0.3 is 0 Å². The minimum Gasteiger partial charge on any atom is -0.353 e. The Balaban J connectivity index is 2.30. The molecule has 0 bridgehead atoms. The Morgan fingerprint density at radius 1 is 1.50 bits per heavy atom. The molecule has 18 heavy (non-hydrogen) atoms. The summed E-state index contributed by atoms with van der Waals surface area (Å²) in [5.74, 6) is -0.258. The van der Waals surface area contributed by atoms with Gasteiger partial charge in [-0.2, -0.15) is 0 Å². The molecule has 0 spiro atoms. The lowest BCUT2D eigenvalue weighted by Gasteiger charge is -2.33. The molecule has 0 saturated carbocycles. The highest BCUT2D eigenvalue weighted by molar-refractivity contribution is 6.31. The Labute approximate surface area is 111 Å². The molecule has 1 unspecified atom stereocenters. The van der Waals surface area contributed by atoms with Gasteiger partial charge in [-0.05, 0) is 31.5 Å². The molecular formula is C13H15ClN2O2. The Hall–Kier alpha value is -1.55. The molecule has 1 aliphatic rings. The van der Waals surface area contributed by atoms with Gasteiger partial charge in [-0.1, -0.05) is 17.7 Å². The van der Waals surface area contributed by atoms with E-state index in [1.54, 1.807) is 24.0 Å². The highest BCUT2D eigenvalue weighted by Gasteiger charge is 2.30. The molecule has 5 heteroatoms. The van der Waals surface area contributed by atoms with Crippen molar-refractivity contribution in [2.45, 2.75) is 19.9 Å². The highest BCUT2D eigenvalue weighted by Crippen LogP contribution is 2.19. The Morgan fingerprint density at radius 3 is 2.94 bits per heavy atom. The van der Waals surface area contributed by atoms with E-state index in [0.29, 0.717) is 23.7 Å². The normalized spacial score (nSPS) is 19.6. The van der Waals surface area contributed by atoms with Crippen LogP contribution < -0.4 is 5.32 Å². The first-order chi connectivity index (χ1) is 8.50. The van der Waals surface area contributed by atoms with E-state index in [9.17, 15) is 9.59 Å². The largest absolute Gasteiger partial charge is 0.353 e. The standard InChI is InChI=1S/C13H15ClN2O2/c1-8-3-4-10(14)7-11(8)13(18)16-6-5-15-12(17)9(16)2/h3-4,7,9H,5-6H2,1-2H3,(H,15,17). The van der Waals surface area contributed by atoms with Gasteiger partial charge in [-0.25, -0.2) is 0 Å². The fourth-order valence-corrected chi connectivity index (χ4v) is 2.21. The monoisotopic (exact) mass is 266 g/mol. The summed E-state index contributed by atoms with van der Waals surface area (Å²) in [6.45, 7) is 4.61. The number of nitrogens with zero attached hydrogens (tertiary/aromatic N) is 1.